The van der Waals surface area contributed by atoms with Gasteiger partial charge in [0.1, 0.15) is 0 Å². The number of carbonyl (C=O) groups excluding carboxylic acids is 1. The Morgan fingerprint density at radius 1 is 1.62 bits per heavy atom. The van der Waals surface area contributed by atoms with Crippen LogP contribution in [0.1, 0.15) is 20.3 Å². The maximum absolute atomic E-state index is 11.6. The van der Waals surface area contributed by atoms with Crippen LogP contribution in [-0.4, -0.2) is 11.0 Å². The number of allylic oxidation sites excluding steroid dienone is 2. The number of Topliss-reactive ketones (excluding diaryl/α,β-unsaturated/α-hetero) is 1. The van der Waals surface area contributed by atoms with Crippen LogP contribution in [0.4, 0.5) is 0 Å². The molecule has 1 nitrogen and oxygen atoms in total. The zero-order chi connectivity index (χ0) is 9.59. The Morgan fingerprint density at radius 3 is 2.77 bits per heavy atom. The van der Waals surface area contributed by atoms with E-state index in [4.69, 9.17) is 0 Å². The van der Waals surface area contributed by atoms with Crippen LogP contribution in [-0.2, 0) is 4.79 Å². The molecule has 0 aromatic rings. The first-order valence-corrected chi connectivity index (χ1v) is 6.55. The molecule has 1 aliphatic heterocycles. The number of fused-ring (bicyclic) bond motifs is 1. The van der Waals surface area contributed by atoms with Crippen molar-refractivity contribution >= 4 is 27.4 Å². The normalized spacial score (nSPS) is 32.6. The molecule has 1 heterocycles. The lowest BCUT2D eigenvalue weighted by atomic mass is 9.84. The van der Waals surface area contributed by atoms with Gasteiger partial charge in [-0.2, -0.15) is 0 Å². The van der Waals surface area contributed by atoms with E-state index in [1.807, 2.05) is 24.6 Å². The van der Waals surface area contributed by atoms with Gasteiger partial charge in [-0.05, 0) is 13.8 Å². The van der Waals surface area contributed by atoms with E-state index in [-0.39, 0.29) is 0 Å². The van der Waals surface area contributed by atoms with Crippen molar-refractivity contribution in [1.82, 2.24) is 0 Å². The first-order valence-electron chi connectivity index (χ1n) is 4.34. The average molecular weight is 212 g/mol. The molecular formula is C10H12OS2. The molecule has 0 spiro atoms. The van der Waals surface area contributed by atoms with E-state index in [1.54, 1.807) is 10.8 Å². The van der Waals surface area contributed by atoms with Crippen molar-refractivity contribution in [2.45, 2.75) is 25.5 Å². The third-order valence-corrected chi connectivity index (χ3v) is 5.90. The van der Waals surface area contributed by atoms with E-state index in [0.717, 1.165) is 11.1 Å². The highest BCUT2D eigenvalue weighted by Crippen LogP contribution is 2.59. The first kappa shape index (κ1) is 9.41. The molecule has 0 saturated carbocycles. The van der Waals surface area contributed by atoms with Crippen molar-refractivity contribution in [3.8, 4) is 0 Å². The zero-order valence-electron chi connectivity index (χ0n) is 7.79. The van der Waals surface area contributed by atoms with Crippen LogP contribution in [0.25, 0.3) is 0 Å². The van der Waals surface area contributed by atoms with Gasteiger partial charge in [-0.25, -0.2) is 0 Å². The number of hydrogen-bond donors (Lipinski definition) is 0. The summed E-state index contributed by atoms with van der Waals surface area (Å²) in [4.78, 5) is 12.9. The number of ketones is 1. The molecule has 70 valence electrons. The minimum Gasteiger partial charge on any atom is -0.295 e. The Kier molecular flexibility index (Phi) is 2.32. The predicted octanol–water partition coefficient (Wildman–Crippen LogP) is 3.19. The average Bonchev–Trinajstić information content (AvgIpc) is 1.98. The summed E-state index contributed by atoms with van der Waals surface area (Å²) in [5.41, 5.74) is 2.14. The van der Waals surface area contributed by atoms with Gasteiger partial charge in [-0.3, -0.25) is 4.79 Å². The molecule has 2 atom stereocenters. The zero-order valence-corrected chi connectivity index (χ0v) is 9.43. The van der Waals surface area contributed by atoms with E-state index in [2.05, 4.69) is 6.58 Å². The fourth-order valence-electron chi connectivity index (χ4n) is 1.71. The Hall–Kier alpha value is -0.150. The Labute approximate surface area is 86.4 Å². The molecule has 3 heteroatoms. The lowest BCUT2D eigenvalue weighted by Gasteiger charge is -2.39. The van der Waals surface area contributed by atoms with Gasteiger partial charge in [-0.15, -0.1) is 0 Å². The van der Waals surface area contributed by atoms with Crippen LogP contribution in [0.5, 0.6) is 0 Å². The van der Waals surface area contributed by atoms with Crippen molar-refractivity contribution in [3.05, 3.63) is 22.6 Å². The quantitative estimate of drug-likeness (QED) is 0.491. The highest BCUT2D eigenvalue weighted by molar-refractivity contribution is 8.81. The monoisotopic (exact) mass is 212 g/mol. The molecule has 2 unspecified atom stereocenters. The number of rotatable bonds is 1. The fraction of sp³-hybridized carbons (Fsp3) is 0.500. The summed E-state index contributed by atoms with van der Waals surface area (Å²) < 4.78 is 0. The summed E-state index contributed by atoms with van der Waals surface area (Å²) in [5, 5.41) is 0.542. The maximum atomic E-state index is 11.6. The van der Waals surface area contributed by atoms with Crippen LogP contribution in [0, 0.1) is 5.92 Å². The van der Waals surface area contributed by atoms with Crippen molar-refractivity contribution in [2.24, 2.45) is 5.92 Å². The molecule has 0 aromatic heterocycles. The minimum absolute atomic E-state index is 0.312. The van der Waals surface area contributed by atoms with Crippen molar-refractivity contribution in [1.29, 1.82) is 0 Å². The maximum Gasteiger partial charge on any atom is 0.160 e. The standard InChI is InChI=1S/C10H12OS2/c1-5(2)7-4-8(11)6(3)9-10(7)13-12-9/h7,10H,1,4H2,2-3H3. The molecule has 0 aromatic carbocycles. The second kappa shape index (κ2) is 3.21. The van der Waals surface area contributed by atoms with Crippen LogP contribution in [0.3, 0.4) is 0 Å². The first-order chi connectivity index (χ1) is 6.11. The highest BCUT2D eigenvalue weighted by Gasteiger charge is 2.41. The fourth-order valence-corrected chi connectivity index (χ4v) is 4.74. The van der Waals surface area contributed by atoms with E-state index in [1.165, 1.54) is 4.91 Å². The molecule has 1 saturated heterocycles. The van der Waals surface area contributed by atoms with Crippen LogP contribution in [0.15, 0.2) is 22.6 Å². The van der Waals surface area contributed by atoms with Gasteiger partial charge in [0, 0.05) is 22.8 Å². The summed E-state index contributed by atoms with van der Waals surface area (Å²) in [6.45, 7) is 7.94. The molecule has 0 radical (unpaired) electrons. The van der Waals surface area contributed by atoms with Crippen molar-refractivity contribution in [2.75, 3.05) is 0 Å². The Balaban J connectivity index is 2.32. The third kappa shape index (κ3) is 1.38. The molecule has 2 rings (SSSR count). The Morgan fingerprint density at radius 2 is 2.31 bits per heavy atom. The molecule has 1 fully saturated rings. The largest absolute Gasteiger partial charge is 0.295 e. The van der Waals surface area contributed by atoms with E-state index in [9.17, 15) is 4.79 Å². The predicted molar refractivity (Wildman–Crippen MR) is 59.6 cm³/mol. The SMILES string of the molecule is C=C(C)C1CC(=O)C(C)=C2SSC21. The van der Waals surface area contributed by atoms with E-state index >= 15 is 0 Å². The van der Waals surface area contributed by atoms with Crippen molar-refractivity contribution in [3.63, 3.8) is 0 Å². The van der Waals surface area contributed by atoms with Gasteiger partial charge in [0.2, 0.25) is 0 Å². The Bertz CT molecular complexity index is 317. The molecule has 0 N–H and O–H groups in total. The molecule has 0 bridgehead atoms. The van der Waals surface area contributed by atoms with Crippen LogP contribution < -0.4 is 0 Å². The van der Waals surface area contributed by atoms with Gasteiger partial charge < -0.3 is 0 Å². The molecule has 1 aliphatic carbocycles. The third-order valence-electron chi connectivity index (χ3n) is 2.69. The van der Waals surface area contributed by atoms with Gasteiger partial charge >= 0.3 is 0 Å². The van der Waals surface area contributed by atoms with E-state index in [0.29, 0.717) is 23.4 Å². The molecule has 13 heavy (non-hydrogen) atoms. The lowest BCUT2D eigenvalue weighted by molar-refractivity contribution is -0.116. The summed E-state index contributed by atoms with van der Waals surface area (Å²) in [5.74, 6) is 0.699. The topological polar surface area (TPSA) is 17.1 Å². The van der Waals surface area contributed by atoms with E-state index < -0.39 is 0 Å². The lowest BCUT2D eigenvalue weighted by Crippen LogP contribution is -2.32. The summed E-state index contributed by atoms with van der Waals surface area (Å²) in [6.07, 6.45) is 0.670. The number of hydrogen-bond acceptors (Lipinski definition) is 3. The molecule has 0 amide bonds. The van der Waals surface area contributed by atoms with Gasteiger partial charge in [0.25, 0.3) is 0 Å². The highest BCUT2D eigenvalue weighted by atomic mass is 33.1. The van der Waals surface area contributed by atoms with Gasteiger partial charge in [-0.1, -0.05) is 33.7 Å². The second-order valence-corrected chi connectivity index (χ2v) is 6.05. The minimum atomic E-state index is 0.312. The summed E-state index contributed by atoms with van der Waals surface area (Å²) >= 11 is 0. The summed E-state index contributed by atoms with van der Waals surface area (Å²) in [6, 6.07) is 0. The van der Waals surface area contributed by atoms with Crippen LogP contribution in [0.2, 0.25) is 0 Å². The smallest absolute Gasteiger partial charge is 0.160 e. The van der Waals surface area contributed by atoms with Crippen LogP contribution >= 0.6 is 21.6 Å². The number of carbonyl (C=O) groups is 1. The second-order valence-electron chi connectivity index (χ2n) is 3.67. The van der Waals surface area contributed by atoms with Gasteiger partial charge in [0.05, 0.1) is 5.25 Å². The van der Waals surface area contributed by atoms with Gasteiger partial charge in [0.15, 0.2) is 5.78 Å². The summed E-state index contributed by atoms with van der Waals surface area (Å²) in [7, 11) is 3.63. The van der Waals surface area contributed by atoms with Crippen molar-refractivity contribution < 1.29 is 4.79 Å². The molecular weight excluding hydrogens is 200 g/mol. The molecule has 2 aliphatic rings.